The summed E-state index contributed by atoms with van der Waals surface area (Å²) in [5.74, 6) is 0.533. The second-order valence-corrected chi connectivity index (χ2v) is 9.10. The number of carbonyl (C=O) groups excluding carboxylic acids is 3. The zero-order valence-electron chi connectivity index (χ0n) is 21.5. The van der Waals surface area contributed by atoms with Crippen LogP contribution in [-0.2, 0) is 16.0 Å². The Balaban J connectivity index is 1.18. The number of fused-ring (bicyclic) bond motifs is 2. The van der Waals surface area contributed by atoms with Crippen molar-refractivity contribution < 1.29 is 33.3 Å². The zero-order chi connectivity index (χ0) is 27.0. The Morgan fingerprint density at radius 3 is 1.69 bits per heavy atom. The van der Waals surface area contributed by atoms with Crippen molar-refractivity contribution in [1.82, 2.24) is 9.80 Å². The topological polar surface area (TPSA) is 94.6 Å². The predicted octanol–water partition coefficient (Wildman–Crippen LogP) is 3.43. The second kappa shape index (κ2) is 12.6. The van der Waals surface area contributed by atoms with E-state index in [9.17, 15) is 14.4 Å². The summed E-state index contributed by atoms with van der Waals surface area (Å²) in [6.45, 7) is 3.10. The van der Waals surface area contributed by atoms with Crippen molar-refractivity contribution in [2.75, 3.05) is 52.7 Å². The van der Waals surface area contributed by atoms with E-state index in [0.29, 0.717) is 80.9 Å². The molecule has 2 heterocycles. The van der Waals surface area contributed by atoms with Crippen LogP contribution in [0.25, 0.3) is 0 Å². The van der Waals surface area contributed by atoms with Gasteiger partial charge in [-0.25, -0.2) is 0 Å². The quantitative estimate of drug-likeness (QED) is 0.479. The van der Waals surface area contributed by atoms with Crippen LogP contribution in [0.15, 0.2) is 72.8 Å². The van der Waals surface area contributed by atoms with Gasteiger partial charge in [0.1, 0.15) is 13.2 Å². The highest BCUT2D eigenvalue weighted by Gasteiger charge is 2.35. The van der Waals surface area contributed by atoms with Crippen molar-refractivity contribution in [3.05, 3.63) is 95.1 Å². The van der Waals surface area contributed by atoms with Gasteiger partial charge < -0.3 is 23.8 Å². The first kappa shape index (κ1) is 26.4. The van der Waals surface area contributed by atoms with Crippen LogP contribution < -0.4 is 9.47 Å². The van der Waals surface area contributed by atoms with Gasteiger partial charge in [-0.15, -0.1) is 0 Å². The highest BCUT2D eigenvalue weighted by Crippen LogP contribution is 2.26. The van der Waals surface area contributed by atoms with Gasteiger partial charge in [0.15, 0.2) is 11.5 Å². The highest BCUT2D eigenvalue weighted by atomic mass is 16.6. The van der Waals surface area contributed by atoms with Gasteiger partial charge in [0.25, 0.3) is 17.7 Å². The Labute approximate surface area is 226 Å². The molecule has 0 aromatic heterocycles. The Hall–Kier alpha value is -4.21. The largest absolute Gasteiger partial charge is 0.487 e. The lowest BCUT2D eigenvalue weighted by Crippen LogP contribution is -2.37. The normalized spacial score (nSPS) is 16.8. The molecule has 0 bridgehead atoms. The number of nitrogens with zero attached hydrogens (tertiary/aromatic N) is 2. The van der Waals surface area contributed by atoms with E-state index in [1.807, 2.05) is 24.3 Å². The van der Waals surface area contributed by atoms with E-state index in [-0.39, 0.29) is 24.3 Å². The van der Waals surface area contributed by atoms with E-state index in [0.717, 1.165) is 5.56 Å². The molecule has 0 radical (unpaired) electrons. The average Bonchev–Trinajstić information content (AvgIpc) is 3.20. The van der Waals surface area contributed by atoms with Crippen LogP contribution in [0.5, 0.6) is 11.5 Å². The van der Waals surface area contributed by atoms with E-state index in [4.69, 9.17) is 18.9 Å². The molecule has 0 unspecified atom stereocenters. The van der Waals surface area contributed by atoms with E-state index in [1.165, 1.54) is 4.90 Å². The summed E-state index contributed by atoms with van der Waals surface area (Å²) in [6, 6.07) is 21.2. The van der Waals surface area contributed by atoms with E-state index < -0.39 is 0 Å². The minimum Gasteiger partial charge on any atom is -0.487 e. The first-order valence-electron chi connectivity index (χ1n) is 13.0. The number of benzene rings is 3. The molecule has 0 aliphatic carbocycles. The van der Waals surface area contributed by atoms with Crippen LogP contribution in [0.4, 0.5) is 0 Å². The van der Waals surface area contributed by atoms with Crippen LogP contribution in [0.3, 0.4) is 0 Å². The van der Waals surface area contributed by atoms with E-state index in [2.05, 4.69) is 0 Å². The molecule has 39 heavy (non-hydrogen) atoms. The number of rotatable bonds is 3. The molecule has 2 aliphatic heterocycles. The number of hydrogen-bond acceptors (Lipinski definition) is 7. The standard InChI is InChI=1S/C30H30N2O7/c33-28(23-11-9-22(10-12-23)21-32-29(34)24-5-1-2-6-25(24)30(32)35)31-13-15-36-17-19-38-26-7-3-4-8-27(26)39-20-18-37-16-14-31/h1-12H,13-21H2. The fourth-order valence-electron chi connectivity index (χ4n) is 4.48. The van der Waals surface area contributed by atoms with Crippen LogP contribution in [0.1, 0.15) is 36.6 Å². The summed E-state index contributed by atoms with van der Waals surface area (Å²) in [7, 11) is 0. The summed E-state index contributed by atoms with van der Waals surface area (Å²) in [4.78, 5) is 41.6. The summed E-state index contributed by atoms with van der Waals surface area (Å²) in [5.41, 5.74) is 2.09. The van der Waals surface area contributed by atoms with Gasteiger partial charge in [-0.3, -0.25) is 19.3 Å². The summed E-state index contributed by atoms with van der Waals surface area (Å²) in [6.07, 6.45) is 0. The Morgan fingerprint density at radius 2 is 1.15 bits per heavy atom. The van der Waals surface area contributed by atoms with Crippen LogP contribution >= 0.6 is 0 Å². The minimum absolute atomic E-state index is 0.139. The Bertz CT molecular complexity index is 1250. The van der Waals surface area contributed by atoms with Crippen molar-refractivity contribution in [1.29, 1.82) is 0 Å². The molecule has 0 N–H and O–H groups in total. The lowest BCUT2D eigenvalue weighted by Gasteiger charge is -2.23. The number of ether oxygens (including phenoxy) is 4. The van der Waals surface area contributed by atoms with Crippen molar-refractivity contribution >= 4 is 17.7 Å². The third-order valence-electron chi connectivity index (χ3n) is 6.54. The van der Waals surface area contributed by atoms with Crippen molar-refractivity contribution in [3.63, 3.8) is 0 Å². The zero-order valence-corrected chi connectivity index (χ0v) is 21.5. The number of carbonyl (C=O) groups is 3. The molecule has 0 saturated carbocycles. The van der Waals surface area contributed by atoms with Gasteiger partial charge in [0, 0.05) is 18.7 Å². The van der Waals surface area contributed by atoms with E-state index in [1.54, 1.807) is 53.4 Å². The molecular weight excluding hydrogens is 500 g/mol. The van der Waals surface area contributed by atoms with Crippen LogP contribution in [-0.4, -0.2) is 80.3 Å². The average molecular weight is 531 g/mol. The summed E-state index contributed by atoms with van der Waals surface area (Å²) < 4.78 is 23.0. The summed E-state index contributed by atoms with van der Waals surface area (Å²) >= 11 is 0. The molecule has 3 aromatic carbocycles. The fourth-order valence-corrected chi connectivity index (χ4v) is 4.48. The van der Waals surface area contributed by atoms with Crippen LogP contribution in [0, 0.1) is 0 Å². The molecule has 3 aromatic rings. The van der Waals surface area contributed by atoms with Gasteiger partial charge in [0.05, 0.1) is 44.1 Å². The predicted molar refractivity (Wildman–Crippen MR) is 142 cm³/mol. The third-order valence-corrected chi connectivity index (χ3v) is 6.54. The van der Waals surface area contributed by atoms with Gasteiger partial charge in [-0.05, 0) is 42.0 Å². The summed E-state index contributed by atoms with van der Waals surface area (Å²) in [5, 5.41) is 0. The number of hydrogen-bond donors (Lipinski definition) is 0. The molecule has 5 rings (SSSR count). The SMILES string of the molecule is O=C(c1ccc(CN2C(=O)c3ccccc3C2=O)cc1)N1CCOCCOc2ccccc2OCCOCC1. The maximum Gasteiger partial charge on any atom is 0.261 e. The second-order valence-electron chi connectivity index (χ2n) is 9.10. The number of amides is 3. The lowest BCUT2D eigenvalue weighted by molar-refractivity contribution is 0.0462. The van der Waals surface area contributed by atoms with Crippen molar-refractivity contribution in [2.45, 2.75) is 6.54 Å². The van der Waals surface area contributed by atoms with Gasteiger partial charge in [-0.1, -0.05) is 36.4 Å². The molecule has 9 heteroatoms. The maximum absolute atomic E-state index is 13.3. The number of imide groups is 1. The van der Waals surface area contributed by atoms with Gasteiger partial charge in [-0.2, -0.15) is 0 Å². The van der Waals surface area contributed by atoms with Gasteiger partial charge >= 0.3 is 0 Å². The molecular formula is C30H30N2O7. The van der Waals surface area contributed by atoms with Gasteiger partial charge in [0.2, 0.25) is 0 Å². The minimum atomic E-state index is -0.308. The first-order chi connectivity index (χ1) is 19.1. The highest BCUT2D eigenvalue weighted by molar-refractivity contribution is 6.21. The molecule has 0 fully saturated rings. The molecule has 202 valence electrons. The molecule has 3 amide bonds. The Morgan fingerprint density at radius 1 is 0.641 bits per heavy atom. The smallest absolute Gasteiger partial charge is 0.261 e. The lowest BCUT2D eigenvalue weighted by atomic mass is 10.1. The van der Waals surface area contributed by atoms with Crippen LogP contribution in [0.2, 0.25) is 0 Å². The van der Waals surface area contributed by atoms with Crippen molar-refractivity contribution in [3.8, 4) is 11.5 Å². The van der Waals surface area contributed by atoms with Crippen molar-refractivity contribution in [2.24, 2.45) is 0 Å². The molecule has 9 nitrogen and oxygen atoms in total. The molecule has 2 aliphatic rings. The maximum atomic E-state index is 13.3. The monoisotopic (exact) mass is 530 g/mol. The fraction of sp³-hybridized carbons (Fsp3) is 0.300. The third kappa shape index (κ3) is 6.27. The number of para-hydroxylation sites is 2. The Kier molecular flexibility index (Phi) is 8.50. The molecule has 0 spiro atoms. The van der Waals surface area contributed by atoms with E-state index >= 15 is 0 Å². The molecule has 0 atom stereocenters. The molecule has 0 saturated heterocycles. The first-order valence-corrected chi connectivity index (χ1v) is 13.0.